The maximum atomic E-state index is 13.2. The van der Waals surface area contributed by atoms with E-state index in [1.165, 1.54) is 19.3 Å². The molecule has 0 aromatic heterocycles. The number of hydrogen-bond acceptors (Lipinski definition) is 6. The molecule has 158 valence electrons. The molecule has 0 radical (unpaired) electrons. The highest BCUT2D eigenvalue weighted by Crippen LogP contribution is 2.39. The van der Waals surface area contributed by atoms with Crippen LogP contribution in [-0.2, 0) is 4.79 Å². The van der Waals surface area contributed by atoms with E-state index in [0.717, 1.165) is 45.2 Å². The first-order valence-corrected chi connectivity index (χ1v) is 12.9. The van der Waals surface area contributed by atoms with Crippen LogP contribution >= 0.6 is 27.7 Å². The first-order valence-electron chi connectivity index (χ1n) is 11.1. The van der Waals surface area contributed by atoms with Crippen LogP contribution in [0.1, 0.15) is 51.4 Å². The molecule has 5 fully saturated rings. The van der Waals surface area contributed by atoms with Crippen LogP contribution in [0, 0.1) is 5.92 Å². The zero-order valence-corrected chi connectivity index (χ0v) is 18.8. The van der Waals surface area contributed by atoms with E-state index in [1.54, 1.807) is 0 Å². The van der Waals surface area contributed by atoms with Gasteiger partial charge in [-0.25, -0.2) is 0 Å². The number of piperidine rings is 1. The number of aliphatic hydroxyl groups is 1. The molecule has 7 atom stereocenters. The van der Waals surface area contributed by atoms with Crippen molar-refractivity contribution in [3.05, 3.63) is 0 Å². The van der Waals surface area contributed by atoms with Crippen molar-refractivity contribution in [1.82, 2.24) is 20.9 Å². The number of hydrogen-bond donors (Lipinski definition) is 4. The van der Waals surface area contributed by atoms with Crippen molar-refractivity contribution < 1.29 is 9.90 Å². The molecule has 0 spiro atoms. The van der Waals surface area contributed by atoms with Gasteiger partial charge in [-0.2, -0.15) is 0 Å². The molecule has 3 saturated heterocycles. The predicted octanol–water partition coefficient (Wildman–Crippen LogP) is 1.37. The molecule has 5 aliphatic rings. The molecule has 0 aromatic carbocycles. The molecule has 28 heavy (non-hydrogen) atoms. The van der Waals surface area contributed by atoms with Crippen molar-refractivity contribution in [2.75, 3.05) is 19.6 Å². The Morgan fingerprint density at radius 2 is 2.07 bits per heavy atom. The highest BCUT2D eigenvalue weighted by molar-refractivity contribution is 9.09. The van der Waals surface area contributed by atoms with Crippen LogP contribution in [-0.4, -0.2) is 74.8 Å². The second kappa shape index (κ2) is 8.00. The predicted molar refractivity (Wildman–Crippen MR) is 115 cm³/mol. The summed E-state index contributed by atoms with van der Waals surface area (Å²) in [4.78, 5) is 15.9. The smallest absolute Gasteiger partial charge is 0.239 e. The lowest BCUT2D eigenvalue weighted by molar-refractivity contribution is -0.134. The first-order chi connectivity index (χ1) is 13.5. The molecule has 4 N–H and O–H groups in total. The van der Waals surface area contributed by atoms with Crippen LogP contribution in [0.3, 0.4) is 0 Å². The van der Waals surface area contributed by atoms with Crippen molar-refractivity contribution in [1.29, 1.82) is 0 Å². The summed E-state index contributed by atoms with van der Waals surface area (Å²) < 4.78 is 0. The number of rotatable bonds is 4. The number of carbonyl (C=O) groups is 1. The molecule has 3 aliphatic heterocycles. The SMILES string of the molecule is O=C(C1CC2C(Br)CCCC2N1)N1CCC2NC(NCC3(O)CCC3)SC2C1. The van der Waals surface area contributed by atoms with Gasteiger partial charge in [0.25, 0.3) is 0 Å². The summed E-state index contributed by atoms with van der Waals surface area (Å²) in [5, 5.41) is 21.6. The number of amides is 1. The summed E-state index contributed by atoms with van der Waals surface area (Å²) in [7, 11) is 0. The van der Waals surface area contributed by atoms with Gasteiger partial charge in [0, 0.05) is 41.8 Å². The molecule has 7 unspecified atom stereocenters. The van der Waals surface area contributed by atoms with Crippen molar-refractivity contribution in [3.63, 3.8) is 0 Å². The number of nitrogens with one attached hydrogen (secondary N) is 3. The molecule has 5 rings (SSSR count). The van der Waals surface area contributed by atoms with Crippen molar-refractivity contribution in [2.24, 2.45) is 5.92 Å². The lowest BCUT2D eigenvalue weighted by Gasteiger charge is -2.37. The van der Waals surface area contributed by atoms with Gasteiger partial charge in [0.15, 0.2) is 0 Å². The average Bonchev–Trinajstić information content (AvgIpc) is 3.28. The van der Waals surface area contributed by atoms with Gasteiger partial charge in [-0.15, -0.1) is 11.8 Å². The average molecular weight is 473 g/mol. The van der Waals surface area contributed by atoms with E-state index in [1.807, 2.05) is 11.8 Å². The van der Waals surface area contributed by atoms with Gasteiger partial charge >= 0.3 is 0 Å². The third-order valence-electron chi connectivity index (χ3n) is 7.65. The summed E-state index contributed by atoms with van der Waals surface area (Å²) in [6, 6.07) is 0.984. The highest BCUT2D eigenvalue weighted by Gasteiger charge is 2.46. The number of carbonyl (C=O) groups excluding carboxylic acids is 1. The maximum Gasteiger partial charge on any atom is 0.239 e. The van der Waals surface area contributed by atoms with Crippen molar-refractivity contribution >= 4 is 33.6 Å². The molecular weight excluding hydrogens is 440 g/mol. The van der Waals surface area contributed by atoms with Gasteiger partial charge in [-0.3, -0.25) is 15.4 Å². The fourth-order valence-electron chi connectivity index (χ4n) is 5.73. The lowest BCUT2D eigenvalue weighted by Crippen LogP contribution is -2.54. The number of fused-ring (bicyclic) bond motifs is 2. The third kappa shape index (κ3) is 3.89. The standard InChI is InChI=1S/C20H33BrN4O2S/c21-13-3-1-4-14-12(13)9-16(23-14)18(26)25-8-5-15-17(10-25)28-19(24-15)22-11-20(27)6-2-7-20/h12-17,19,22-24,27H,1-11H2. The van der Waals surface area contributed by atoms with Gasteiger partial charge in [0.2, 0.25) is 5.91 Å². The second-order valence-electron chi connectivity index (χ2n) is 9.53. The van der Waals surface area contributed by atoms with Crippen LogP contribution in [0.15, 0.2) is 0 Å². The molecule has 1 amide bonds. The van der Waals surface area contributed by atoms with E-state index in [-0.39, 0.29) is 11.5 Å². The van der Waals surface area contributed by atoms with E-state index in [0.29, 0.717) is 40.5 Å². The van der Waals surface area contributed by atoms with Gasteiger partial charge in [-0.05, 0) is 50.9 Å². The van der Waals surface area contributed by atoms with Gasteiger partial charge in [0.1, 0.15) is 5.50 Å². The normalized spacial score (nSPS) is 44.6. The number of likely N-dealkylation sites (tertiary alicyclic amines) is 1. The Labute approximate surface area is 180 Å². The van der Waals surface area contributed by atoms with Crippen LogP contribution in [0.25, 0.3) is 0 Å². The van der Waals surface area contributed by atoms with Gasteiger partial charge in [-0.1, -0.05) is 22.4 Å². The minimum atomic E-state index is -0.490. The van der Waals surface area contributed by atoms with Crippen LogP contribution in [0.2, 0.25) is 0 Å². The number of thioether (sulfide) groups is 1. The Hall–Kier alpha value is 0.140. The Balaban J connectivity index is 1.13. The Kier molecular flexibility index (Phi) is 5.73. The molecule has 0 bridgehead atoms. The van der Waals surface area contributed by atoms with Crippen LogP contribution < -0.4 is 16.0 Å². The fraction of sp³-hybridized carbons (Fsp3) is 0.950. The second-order valence-corrected chi connectivity index (χ2v) is 12.1. The van der Waals surface area contributed by atoms with Crippen molar-refractivity contribution in [2.45, 2.75) is 90.7 Å². The number of alkyl halides is 1. The monoisotopic (exact) mass is 472 g/mol. The minimum Gasteiger partial charge on any atom is -0.389 e. The highest BCUT2D eigenvalue weighted by atomic mass is 79.9. The van der Waals surface area contributed by atoms with E-state index >= 15 is 0 Å². The van der Waals surface area contributed by atoms with Crippen LogP contribution in [0.4, 0.5) is 0 Å². The lowest BCUT2D eigenvalue weighted by atomic mass is 9.80. The molecule has 2 saturated carbocycles. The first kappa shape index (κ1) is 20.1. The topological polar surface area (TPSA) is 76.6 Å². The van der Waals surface area contributed by atoms with Crippen molar-refractivity contribution in [3.8, 4) is 0 Å². The molecule has 2 aliphatic carbocycles. The summed E-state index contributed by atoms with van der Waals surface area (Å²) in [5.41, 5.74) is -0.299. The largest absolute Gasteiger partial charge is 0.389 e. The van der Waals surface area contributed by atoms with E-state index in [4.69, 9.17) is 0 Å². The number of nitrogens with zero attached hydrogens (tertiary/aromatic N) is 1. The molecular formula is C20H33BrN4O2S. The van der Waals surface area contributed by atoms with E-state index in [2.05, 4.69) is 36.8 Å². The van der Waals surface area contributed by atoms with E-state index < -0.39 is 5.60 Å². The summed E-state index contributed by atoms with van der Waals surface area (Å²) in [6.45, 7) is 2.37. The molecule has 8 heteroatoms. The zero-order chi connectivity index (χ0) is 19.3. The maximum absolute atomic E-state index is 13.2. The third-order valence-corrected chi connectivity index (χ3v) is 10.2. The molecule has 3 heterocycles. The summed E-state index contributed by atoms with van der Waals surface area (Å²) in [6.07, 6.45) is 8.67. The molecule has 0 aromatic rings. The zero-order valence-electron chi connectivity index (χ0n) is 16.4. The minimum absolute atomic E-state index is 0.00541. The van der Waals surface area contributed by atoms with Gasteiger partial charge < -0.3 is 15.3 Å². The van der Waals surface area contributed by atoms with Crippen LogP contribution in [0.5, 0.6) is 0 Å². The Morgan fingerprint density at radius 1 is 1.21 bits per heavy atom. The van der Waals surface area contributed by atoms with Gasteiger partial charge in [0.05, 0.1) is 11.6 Å². The Bertz CT molecular complexity index is 607. The fourth-order valence-corrected chi connectivity index (χ4v) is 8.09. The summed E-state index contributed by atoms with van der Waals surface area (Å²) >= 11 is 5.75. The van der Waals surface area contributed by atoms with E-state index in [9.17, 15) is 9.90 Å². The Morgan fingerprint density at radius 3 is 2.82 bits per heavy atom. The number of halogens is 1. The molecule has 6 nitrogen and oxygen atoms in total. The quantitative estimate of drug-likeness (QED) is 0.463. The summed E-state index contributed by atoms with van der Waals surface area (Å²) in [5.74, 6) is 0.919.